The monoisotopic (exact) mass is 318 g/mol. The molecule has 2 aromatic rings. The zero-order valence-electron chi connectivity index (χ0n) is 12.0. The number of carbonyl (C=O) groups is 1. The van der Waals surface area contributed by atoms with Crippen LogP contribution in [0.15, 0.2) is 55.1 Å². The first-order chi connectivity index (χ1) is 10.9. The number of hydrogen-bond donors (Lipinski definition) is 0. The van der Waals surface area contributed by atoms with E-state index in [1.54, 1.807) is 48.5 Å². The molecular weight excluding hydrogens is 305 g/mol. The van der Waals surface area contributed by atoms with E-state index in [-0.39, 0.29) is 6.54 Å². The van der Waals surface area contributed by atoms with Crippen molar-refractivity contribution in [3.05, 3.63) is 60.7 Å². The Bertz CT molecular complexity index is 772. The molecule has 0 aliphatic rings. The van der Waals surface area contributed by atoms with E-state index in [0.29, 0.717) is 15.8 Å². The lowest BCUT2D eigenvalue weighted by Crippen LogP contribution is -2.43. The van der Waals surface area contributed by atoms with Crippen molar-refractivity contribution in [1.29, 1.82) is 5.26 Å². The number of amides is 1. The number of halogens is 3. The van der Waals surface area contributed by atoms with Gasteiger partial charge in [0.25, 0.3) is 0 Å². The highest BCUT2D eigenvalue weighted by Crippen LogP contribution is 2.31. The summed E-state index contributed by atoms with van der Waals surface area (Å²) in [7, 11) is 0. The lowest BCUT2D eigenvalue weighted by molar-refractivity contribution is -0.186. The molecule has 1 amide bonds. The molecule has 0 aliphatic heterocycles. The average molecular weight is 318 g/mol. The van der Waals surface area contributed by atoms with Gasteiger partial charge in [-0.15, -0.1) is 6.58 Å². The summed E-state index contributed by atoms with van der Waals surface area (Å²) in [6, 6.07) is 12.4. The fourth-order valence-corrected chi connectivity index (χ4v) is 2.40. The van der Waals surface area contributed by atoms with Crippen LogP contribution in [-0.4, -0.2) is 23.5 Å². The van der Waals surface area contributed by atoms with Crippen molar-refractivity contribution < 1.29 is 18.0 Å². The highest BCUT2D eigenvalue weighted by molar-refractivity contribution is 5.88. The molecule has 118 valence electrons. The highest BCUT2D eigenvalue weighted by Gasteiger charge is 2.44. The van der Waals surface area contributed by atoms with Crippen LogP contribution in [-0.2, 0) is 4.79 Å². The van der Waals surface area contributed by atoms with Crippen LogP contribution in [0.1, 0.15) is 11.6 Å². The first-order valence-corrected chi connectivity index (χ1v) is 6.76. The van der Waals surface area contributed by atoms with Gasteiger partial charge in [-0.25, -0.2) is 0 Å². The van der Waals surface area contributed by atoms with Crippen LogP contribution in [0.25, 0.3) is 10.8 Å². The maximum absolute atomic E-state index is 12.8. The third kappa shape index (κ3) is 3.34. The lowest BCUT2D eigenvalue weighted by Gasteiger charge is -2.28. The largest absolute Gasteiger partial charge is 0.471 e. The first-order valence-electron chi connectivity index (χ1n) is 6.76. The molecule has 23 heavy (non-hydrogen) atoms. The van der Waals surface area contributed by atoms with E-state index in [2.05, 4.69) is 6.58 Å². The molecule has 1 atom stereocenters. The molecule has 0 spiro atoms. The molecule has 2 rings (SSSR count). The minimum absolute atomic E-state index is 0.352. The summed E-state index contributed by atoms with van der Waals surface area (Å²) >= 11 is 0. The molecule has 0 aromatic heterocycles. The van der Waals surface area contributed by atoms with Crippen LogP contribution in [0, 0.1) is 11.3 Å². The van der Waals surface area contributed by atoms with Gasteiger partial charge in [-0.1, -0.05) is 48.5 Å². The summed E-state index contributed by atoms with van der Waals surface area (Å²) in [6.07, 6.45) is -3.89. The minimum atomic E-state index is -5.05. The Hall–Kier alpha value is -2.81. The van der Waals surface area contributed by atoms with Crippen LogP contribution in [0.4, 0.5) is 13.2 Å². The predicted octanol–water partition coefficient (Wildman–Crippen LogP) is 3.98. The van der Waals surface area contributed by atoms with E-state index >= 15 is 0 Å². The second kappa shape index (κ2) is 6.53. The molecule has 0 radical (unpaired) electrons. The molecule has 0 bridgehead atoms. The van der Waals surface area contributed by atoms with Crippen LogP contribution in [0.5, 0.6) is 0 Å². The molecule has 1 unspecified atom stereocenters. The lowest BCUT2D eigenvalue weighted by atomic mass is 9.98. The standard InChI is InChI=1S/C17H13F3N2O/c1-2-10-22(16(23)17(18,19)20)15(11-21)14-9-5-7-12-6-3-4-8-13(12)14/h2-9,15H,1,10H2. The SMILES string of the molecule is C=CCN(C(=O)C(F)(F)F)C(C#N)c1cccc2ccccc12. The Labute approximate surface area is 131 Å². The van der Waals surface area contributed by atoms with Gasteiger partial charge in [0, 0.05) is 6.54 Å². The summed E-state index contributed by atoms with van der Waals surface area (Å²) in [5.41, 5.74) is 0.352. The number of benzene rings is 2. The van der Waals surface area contributed by atoms with Crippen molar-refractivity contribution in [3.8, 4) is 6.07 Å². The van der Waals surface area contributed by atoms with Gasteiger partial charge in [0.1, 0.15) is 6.04 Å². The summed E-state index contributed by atoms with van der Waals surface area (Å²) in [5, 5.41) is 10.8. The van der Waals surface area contributed by atoms with Crippen LogP contribution < -0.4 is 0 Å². The van der Waals surface area contributed by atoms with Gasteiger partial charge in [0.2, 0.25) is 0 Å². The Kier molecular flexibility index (Phi) is 4.70. The van der Waals surface area contributed by atoms with E-state index in [9.17, 15) is 23.2 Å². The van der Waals surface area contributed by atoms with Crippen LogP contribution >= 0.6 is 0 Å². The Morgan fingerprint density at radius 3 is 2.52 bits per heavy atom. The summed E-state index contributed by atoms with van der Waals surface area (Å²) in [5.74, 6) is -2.06. The zero-order valence-corrected chi connectivity index (χ0v) is 12.0. The molecule has 0 saturated carbocycles. The predicted molar refractivity (Wildman–Crippen MR) is 80.3 cm³/mol. The molecule has 0 fully saturated rings. The van der Waals surface area contributed by atoms with E-state index in [1.807, 2.05) is 0 Å². The van der Waals surface area contributed by atoms with Gasteiger partial charge in [0.05, 0.1) is 6.07 Å². The summed E-state index contributed by atoms with van der Waals surface area (Å²) in [6.45, 7) is 2.99. The van der Waals surface area contributed by atoms with E-state index < -0.39 is 18.1 Å². The second-order valence-corrected chi connectivity index (χ2v) is 4.84. The molecule has 0 aliphatic carbocycles. The zero-order chi connectivity index (χ0) is 17.0. The van der Waals surface area contributed by atoms with E-state index in [1.165, 1.54) is 6.08 Å². The molecule has 3 nitrogen and oxygen atoms in total. The van der Waals surface area contributed by atoms with Gasteiger partial charge in [-0.05, 0) is 16.3 Å². The molecule has 0 saturated heterocycles. The number of nitrogens with zero attached hydrogens (tertiary/aromatic N) is 2. The molecule has 6 heteroatoms. The third-order valence-electron chi connectivity index (χ3n) is 3.38. The van der Waals surface area contributed by atoms with Crippen molar-refractivity contribution >= 4 is 16.7 Å². The third-order valence-corrected chi connectivity index (χ3v) is 3.38. The maximum Gasteiger partial charge on any atom is 0.471 e. The number of fused-ring (bicyclic) bond motifs is 1. The minimum Gasteiger partial charge on any atom is -0.311 e. The van der Waals surface area contributed by atoms with Gasteiger partial charge in [-0.2, -0.15) is 18.4 Å². The number of hydrogen-bond acceptors (Lipinski definition) is 2. The number of nitriles is 1. The Morgan fingerprint density at radius 1 is 1.26 bits per heavy atom. The molecule has 0 heterocycles. The summed E-state index contributed by atoms with van der Waals surface area (Å²) < 4.78 is 38.4. The van der Waals surface area contributed by atoms with Gasteiger partial charge < -0.3 is 4.90 Å². The van der Waals surface area contributed by atoms with Gasteiger partial charge in [0.15, 0.2) is 0 Å². The van der Waals surface area contributed by atoms with Crippen molar-refractivity contribution in [3.63, 3.8) is 0 Å². The second-order valence-electron chi connectivity index (χ2n) is 4.84. The maximum atomic E-state index is 12.8. The molecule has 0 N–H and O–H groups in total. The van der Waals surface area contributed by atoms with Gasteiger partial charge >= 0.3 is 12.1 Å². The number of alkyl halides is 3. The number of rotatable bonds is 4. The van der Waals surface area contributed by atoms with Crippen molar-refractivity contribution in [2.75, 3.05) is 6.54 Å². The fourth-order valence-electron chi connectivity index (χ4n) is 2.40. The number of carbonyl (C=O) groups excluding carboxylic acids is 1. The quantitative estimate of drug-likeness (QED) is 0.800. The van der Waals surface area contributed by atoms with Crippen LogP contribution in [0.3, 0.4) is 0 Å². The average Bonchev–Trinajstić information content (AvgIpc) is 2.53. The molecular formula is C17H13F3N2O. The van der Waals surface area contributed by atoms with Crippen molar-refractivity contribution in [2.45, 2.75) is 12.2 Å². The topological polar surface area (TPSA) is 44.1 Å². The Morgan fingerprint density at radius 2 is 1.91 bits per heavy atom. The summed E-state index contributed by atoms with van der Waals surface area (Å²) in [4.78, 5) is 12.1. The highest BCUT2D eigenvalue weighted by atomic mass is 19.4. The Balaban J connectivity index is 2.57. The van der Waals surface area contributed by atoms with E-state index in [0.717, 1.165) is 5.39 Å². The van der Waals surface area contributed by atoms with E-state index in [4.69, 9.17) is 0 Å². The smallest absolute Gasteiger partial charge is 0.311 e. The van der Waals surface area contributed by atoms with Gasteiger partial charge in [-0.3, -0.25) is 4.79 Å². The molecule has 2 aromatic carbocycles. The van der Waals surface area contributed by atoms with Crippen molar-refractivity contribution in [2.24, 2.45) is 0 Å². The normalized spacial score (nSPS) is 12.4. The van der Waals surface area contributed by atoms with Crippen LogP contribution in [0.2, 0.25) is 0 Å². The first kappa shape index (κ1) is 16.6. The van der Waals surface area contributed by atoms with Crippen molar-refractivity contribution in [1.82, 2.24) is 4.90 Å². The fraction of sp³-hybridized carbons (Fsp3) is 0.176.